The van der Waals surface area contributed by atoms with Gasteiger partial charge in [0.15, 0.2) is 5.56 Å². The van der Waals surface area contributed by atoms with Gasteiger partial charge in [-0.05, 0) is 12.5 Å². The summed E-state index contributed by atoms with van der Waals surface area (Å²) in [5.74, 6) is 0. The molecule has 0 heterocycles. The van der Waals surface area contributed by atoms with Crippen LogP contribution in [-0.4, -0.2) is 17.8 Å². The van der Waals surface area contributed by atoms with Crippen LogP contribution in [0.15, 0.2) is 30.3 Å². The van der Waals surface area contributed by atoms with Gasteiger partial charge in [0.2, 0.25) is 0 Å². The first-order chi connectivity index (χ1) is 6.20. The van der Waals surface area contributed by atoms with Crippen molar-refractivity contribution in [3.63, 3.8) is 0 Å². The summed E-state index contributed by atoms with van der Waals surface area (Å²) in [6.45, 7) is 1.91. The van der Waals surface area contributed by atoms with E-state index in [1.165, 1.54) is 0 Å². The van der Waals surface area contributed by atoms with Gasteiger partial charge in [0.25, 0.3) is 0 Å². The van der Waals surface area contributed by atoms with E-state index in [4.69, 9.17) is 21.4 Å². The van der Waals surface area contributed by atoms with Crippen LogP contribution in [-0.2, 0) is 4.74 Å². The second-order valence-corrected chi connectivity index (χ2v) is 3.31. The highest BCUT2D eigenvalue weighted by Gasteiger charge is 2.07. The highest BCUT2D eigenvalue weighted by Crippen LogP contribution is 2.21. The average Bonchev–Trinajstić information content (AvgIpc) is 2.15. The molecule has 2 atom stereocenters. The Morgan fingerprint density at radius 1 is 1.38 bits per heavy atom. The van der Waals surface area contributed by atoms with Gasteiger partial charge in [0.1, 0.15) is 0 Å². The summed E-state index contributed by atoms with van der Waals surface area (Å²) in [5.41, 5.74) is 0.431. The molecule has 13 heavy (non-hydrogen) atoms. The molecule has 0 aliphatic carbocycles. The lowest BCUT2D eigenvalue weighted by Crippen LogP contribution is -2.11. The lowest BCUT2D eigenvalue weighted by Gasteiger charge is -2.12. The number of hydrogen-bond acceptors (Lipinski definition) is 2. The van der Waals surface area contributed by atoms with Gasteiger partial charge < -0.3 is 9.84 Å². The molecule has 1 N–H and O–H groups in total. The van der Waals surface area contributed by atoms with Crippen molar-refractivity contribution >= 4 is 11.6 Å². The third-order valence-corrected chi connectivity index (χ3v) is 1.92. The number of rotatable bonds is 4. The summed E-state index contributed by atoms with van der Waals surface area (Å²) in [6.07, 6.45) is -0.482. The second-order valence-electron chi connectivity index (χ2n) is 2.91. The van der Waals surface area contributed by atoms with E-state index < -0.39 is 11.7 Å². The van der Waals surface area contributed by atoms with E-state index >= 15 is 0 Å². The maximum Gasteiger partial charge on any atom is 0.156 e. The Bertz CT molecular complexity index is 236. The first kappa shape index (κ1) is 10.5. The molecule has 0 aromatic heterocycles. The van der Waals surface area contributed by atoms with E-state index in [0.717, 1.165) is 5.56 Å². The molecule has 2 nitrogen and oxygen atoms in total. The van der Waals surface area contributed by atoms with Crippen LogP contribution in [0.4, 0.5) is 0 Å². The van der Waals surface area contributed by atoms with E-state index in [2.05, 4.69) is 0 Å². The monoisotopic (exact) mass is 200 g/mol. The molecule has 0 fully saturated rings. The van der Waals surface area contributed by atoms with Gasteiger partial charge in [-0.2, -0.15) is 0 Å². The summed E-state index contributed by atoms with van der Waals surface area (Å²) in [7, 11) is 0. The molecule has 0 aliphatic heterocycles. The van der Waals surface area contributed by atoms with Crippen LogP contribution in [0.1, 0.15) is 18.1 Å². The number of halogens is 1. The molecule has 0 radical (unpaired) electrons. The Morgan fingerprint density at radius 3 is 2.54 bits per heavy atom. The van der Waals surface area contributed by atoms with Crippen LogP contribution < -0.4 is 0 Å². The molecule has 1 aromatic carbocycles. The predicted molar refractivity (Wildman–Crippen MR) is 52.7 cm³/mol. The summed E-state index contributed by atoms with van der Waals surface area (Å²) in [5, 5.41) is 8.96. The number of aliphatic hydroxyl groups is 1. The maximum atomic E-state index is 8.96. The minimum atomic E-state index is -0.482. The molecule has 0 bridgehead atoms. The summed E-state index contributed by atoms with van der Waals surface area (Å²) >= 11 is 5.92. The fourth-order valence-corrected chi connectivity index (χ4v) is 1.14. The Hall–Kier alpha value is -0.570. The first-order valence-electron chi connectivity index (χ1n) is 4.19. The number of alkyl halides is 1. The molecular formula is C10H13ClO2. The van der Waals surface area contributed by atoms with Gasteiger partial charge >= 0.3 is 0 Å². The molecule has 0 saturated heterocycles. The largest absolute Gasteiger partial charge is 0.391 e. The third-order valence-electron chi connectivity index (χ3n) is 1.55. The van der Waals surface area contributed by atoms with Crippen LogP contribution in [0.25, 0.3) is 0 Å². The third kappa shape index (κ3) is 3.77. The standard InChI is InChI=1S/C10H13ClO2/c1-8(12)7-13-10(11)9-5-3-2-4-6-9/h2-6,8,10,12H,7H2,1H3. The molecule has 0 spiro atoms. The highest BCUT2D eigenvalue weighted by molar-refractivity contribution is 6.19. The van der Waals surface area contributed by atoms with Crippen LogP contribution in [0, 0.1) is 0 Å². The minimum absolute atomic E-state index is 0.253. The Kier molecular flexibility index (Phi) is 4.22. The highest BCUT2D eigenvalue weighted by atomic mass is 35.5. The van der Waals surface area contributed by atoms with Crippen LogP contribution in [0.5, 0.6) is 0 Å². The van der Waals surface area contributed by atoms with Gasteiger partial charge in [-0.1, -0.05) is 41.9 Å². The smallest absolute Gasteiger partial charge is 0.156 e. The molecule has 72 valence electrons. The normalized spacial score (nSPS) is 15.3. The van der Waals surface area contributed by atoms with Gasteiger partial charge in [-0.3, -0.25) is 0 Å². The van der Waals surface area contributed by atoms with Crippen LogP contribution >= 0.6 is 11.6 Å². The molecule has 3 heteroatoms. The van der Waals surface area contributed by atoms with Gasteiger partial charge in [0, 0.05) is 0 Å². The molecule has 1 aromatic rings. The zero-order valence-electron chi connectivity index (χ0n) is 7.48. The number of hydrogen-bond donors (Lipinski definition) is 1. The topological polar surface area (TPSA) is 29.5 Å². The zero-order chi connectivity index (χ0) is 9.68. The van der Waals surface area contributed by atoms with Gasteiger partial charge in [-0.25, -0.2) is 0 Å². The van der Waals surface area contributed by atoms with Crippen molar-refractivity contribution in [2.24, 2.45) is 0 Å². The number of aliphatic hydroxyl groups excluding tert-OH is 1. The quantitative estimate of drug-likeness (QED) is 0.756. The maximum absolute atomic E-state index is 8.96. The second kappa shape index (κ2) is 5.22. The first-order valence-corrected chi connectivity index (χ1v) is 4.62. The number of ether oxygens (including phenoxy) is 1. The van der Waals surface area contributed by atoms with E-state index in [1.807, 2.05) is 30.3 Å². The lowest BCUT2D eigenvalue weighted by molar-refractivity contribution is 0.0303. The van der Waals surface area contributed by atoms with Crippen molar-refractivity contribution in [2.75, 3.05) is 6.61 Å². The van der Waals surface area contributed by atoms with Crippen molar-refractivity contribution in [3.8, 4) is 0 Å². The van der Waals surface area contributed by atoms with E-state index in [1.54, 1.807) is 6.92 Å². The van der Waals surface area contributed by atoms with E-state index in [-0.39, 0.29) is 6.61 Å². The van der Waals surface area contributed by atoms with E-state index in [0.29, 0.717) is 0 Å². The predicted octanol–water partition coefficient (Wildman–Crippen LogP) is 2.32. The van der Waals surface area contributed by atoms with Crippen LogP contribution in [0.3, 0.4) is 0 Å². The van der Waals surface area contributed by atoms with Crippen molar-refractivity contribution in [1.29, 1.82) is 0 Å². The molecular weight excluding hydrogens is 188 g/mol. The van der Waals surface area contributed by atoms with Crippen molar-refractivity contribution < 1.29 is 9.84 Å². The van der Waals surface area contributed by atoms with Crippen molar-refractivity contribution in [1.82, 2.24) is 0 Å². The SMILES string of the molecule is CC(O)COC(Cl)c1ccccc1. The Balaban J connectivity index is 2.44. The van der Waals surface area contributed by atoms with E-state index in [9.17, 15) is 0 Å². The summed E-state index contributed by atoms with van der Waals surface area (Å²) in [6, 6.07) is 9.49. The van der Waals surface area contributed by atoms with Crippen molar-refractivity contribution in [3.05, 3.63) is 35.9 Å². The minimum Gasteiger partial charge on any atom is -0.391 e. The van der Waals surface area contributed by atoms with Crippen molar-refractivity contribution in [2.45, 2.75) is 18.6 Å². The van der Waals surface area contributed by atoms with Gasteiger partial charge in [-0.15, -0.1) is 0 Å². The fourth-order valence-electron chi connectivity index (χ4n) is 0.924. The molecule has 0 amide bonds. The Morgan fingerprint density at radius 2 is 2.00 bits per heavy atom. The molecule has 0 saturated carbocycles. The molecule has 0 aliphatic rings. The average molecular weight is 201 g/mol. The summed E-state index contributed by atoms with van der Waals surface area (Å²) < 4.78 is 5.20. The zero-order valence-corrected chi connectivity index (χ0v) is 8.24. The fraction of sp³-hybridized carbons (Fsp3) is 0.400. The molecule has 1 rings (SSSR count). The number of benzene rings is 1. The van der Waals surface area contributed by atoms with Crippen LogP contribution in [0.2, 0.25) is 0 Å². The lowest BCUT2D eigenvalue weighted by atomic mass is 10.2. The molecule has 2 unspecified atom stereocenters. The summed E-state index contributed by atoms with van der Waals surface area (Å²) in [4.78, 5) is 0. The Labute approximate surface area is 83.1 Å². The van der Waals surface area contributed by atoms with Gasteiger partial charge in [0.05, 0.1) is 12.7 Å².